The predicted octanol–water partition coefficient (Wildman–Crippen LogP) is 2.00. The van der Waals surface area contributed by atoms with Gasteiger partial charge in [-0.05, 0) is 26.2 Å². The molecule has 0 radical (unpaired) electrons. The van der Waals surface area contributed by atoms with Crippen molar-refractivity contribution in [2.24, 2.45) is 0 Å². The monoisotopic (exact) mass is 531 g/mol. The molecule has 208 valence electrons. The van der Waals surface area contributed by atoms with E-state index in [2.05, 4.69) is 10.6 Å². The van der Waals surface area contributed by atoms with Crippen LogP contribution in [0.1, 0.15) is 51.9 Å². The molecule has 0 aromatic heterocycles. The zero-order valence-electron chi connectivity index (χ0n) is 22.0. The molecule has 36 heavy (non-hydrogen) atoms. The van der Waals surface area contributed by atoms with Gasteiger partial charge in [-0.2, -0.15) is 11.8 Å². The Morgan fingerprint density at radius 3 is 2.17 bits per heavy atom. The van der Waals surface area contributed by atoms with Crippen LogP contribution in [0.5, 0.6) is 0 Å². The minimum absolute atomic E-state index is 0.0351. The summed E-state index contributed by atoms with van der Waals surface area (Å²) in [6, 6.07) is 0.666. The number of hydrogen-bond donors (Lipinski definition) is 2. The average molecular weight is 532 g/mol. The van der Waals surface area contributed by atoms with Crippen LogP contribution in [0.25, 0.3) is 0 Å². The summed E-state index contributed by atoms with van der Waals surface area (Å²) >= 11 is 1.96. The number of amides is 3. The highest BCUT2D eigenvalue weighted by Gasteiger charge is 2.47. The SMILES string of the molecule is CCN1C(=O)N[C@H]2CS[C@@H](CCCCC(=O)CCCOCCOCCOCCOCCC(=O)NC)[C@H]21. The van der Waals surface area contributed by atoms with Gasteiger partial charge < -0.3 is 34.5 Å². The Bertz CT molecular complexity index is 655. The summed E-state index contributed by atoms with van der Waals surface area (Å²) in [5.41, 5.74) is 0. The minimum Gasteiger partial charge on any atom is -0.379 e. The van der Waals surface area contributed by atoms with Crippen LogP contribution in [0.3, 0.4) is 0 Å². The van der Waals surface area contributed by atoms with Crippen molar-refractivity contribution in [1.29, 1.82) is 0 Å². The summed E-state index contributed by atoms with van der Waals surface area (Å²) in [5, 5.41) is 6.11. The zero-order valence-corrected chi connectivity index (χ0v) is 22.8. The van der Waals surface area contributed by atoms with Crippen LogP contribution in [0.2, 0.25) is 0 Å². The summed E-state index contributed by atoms with van der Waals surface area (Å²) in [4.78, 5) is 37.1. The van der Waals surface area contributed by atoms with Gasteiger partial charge in [0.15, 0.2) is 0 Å². The lowest BCUT2D eigenvalue weighted by Gasteiger charge is -2.26. The first-order chi connectivity index (χ1) is 17.6. The number of nitrogens with one attached hydrogen (secondary N) is 2. The summed E-state index contributed by atoms with van der Waals surface area (Å²) in [7, 11) is 1.60. The van der Waals surface area contributed by atoms with Crippen molar-refractivity contribution in [1.82, 2.24) is 15.5 Å². The molecule has 0 spiro atoms. The van der Waals surface area contributed by atoms with E-state index in [0.29, 0.717) is 89.2 Å². The maximum absolute atomic E-state index is 12.1. The van der Waals surface area contributed by atoms with Gasteiger partial charge in [-0.25, -0.2) is 4.79 Å². The molecular formula is C25H45N3O7S. The molecule has 2 heterocycles. The molecule has 0 aromatic rings. The van der Waals surface area contributed by atoms with Gasteiger partial charge in [0.25, 0.3) is 0 Å². The number of fused-ring (bicyclic) bond motifs is 1. The highest BCUT2D eigenvalue weighted by Crippen LogP contribution is 2.37. The fourth-order valence-electron chi connectivity index (χ4n) is 4.43. The van der Waals surface area contributed by atoms with Gasteiger partial charge in [0.2, 0.25) is 5.91 Å². The number of rotatable bonds is 22. The third-order valence-corrected chi connectivity index (χ3v) is 7.85. The molecule has 10 nitrogen and oxygen atoms in total. The molecule has 0 unspecified atom stereocenters. The number of carbonyl (C=O) groups is 3. The standard InChI is InChI=1S/C25H45N3O7S/c1-3-28-24-21(27-25(28)31)19-36-22(24)9-5-4-7-20(29)8-6-11-32-13-15-34-17-18-35-16-14-33-12-10-23(30)26-2/h21-22,24H,3-19H2,1-2H3,(H,26,30)(H,27,31)/t21-,22-,24-/m0/s1. The Morgan fingerprint density at radius 2 is 1.53 bits per heavy atom. The van der Waals surface area contributed by atoms with E-state index < -0.39 is 0 Å². The quantitative estimate of drug-likeness (QED) is 0.161. The molecule has 3 amide bonds. The number of thioether (sulfide) groups is 1. The number of hydrogen-bond acceptors (Lipinski definition) is 8. The number of nitrogens with zero attached hydrogens (tertiary/aromatic N) is 1. The molecule has 2 aliphatic rings. The van der Waals surface area contributed by atoms with Crippen LogP contribution in [0.4, 0.5) is 4.79 Å². The fourth-order valence-corrected chi connectivity index (χ4v) is 6.03. The minimum atomic E-state index is -0.0351. The molecule has 3 atom stereocenters. The zero-order chi connectivity index (χ0) is 26.0. The highest BCUT2D eigenvalue weighted by atomic mass is 32.2. The van der Waals surface area contributed by atoms with E-state index in [4.69, 9.17) is 18.9 Å². The summed E-state index contributed by atoms with van der Waals surface area (Å²) in [6.45, 7) is 6.65. The van der Waals surface area contributed by atoms with Gasteiger partial charge >= 0.3 is 6.03 Å². The number of likely N-dealkylation sites (N-methyl/N-ethyl adjacent to an activating group) is 1. The third kappa shape index (κ3) is 11.8. The molecule has 0 bridgehead atoms. The van der Waals surface area contributed by atoms with Gasteiger partial charge in [-0.3, -0.25) is 9.59 Å². The second-order valence-corrected chi connectivity index (χ2v) is 10.2. The van der Waals surface area contributed by atoms with Crippen molar-refractivity contribution in [3.63, 3.8) is 0 Å². The summed E-state index contributed by atoms with van der Waals surface area (Å²) in [6.07, 6.45) is 5.29. The largest absolute Gasteiger partial charge is 0.379 e. The molecule has 0 aliphatic carbocycles. The predicted molar refractivity (Wildman–Crippen MR) is 139 cm³/mol. The van der Waals surface area contributed by atoms with Gasteiger partial charge in [0, 0.05) is 50.5 Å². The Balaban J connectivity index is 1.32. The highest BCUT2D eigenvalue weighted by molar-refractivity contribution is 8.00. The van der Waals surface area contributed by atoms with E-state index in [0.717, 1.165) is 38.0 Å². The normalized spacial score (nSPS) is 21.0. The van der Waals surface area contributed by atoms with Crippen LogP contribution in [-0.4, -0.2) is 112 Å². The lowest BCUT2D eigenvalue weighted by Crippen LogP contribution is -2.40. The second kappa shape index (κ2) is 18.8. The number of ketones is 1. The molecule has 0 saturated carbocycles. The lowest BCUT2D eigenvalue weighted by atomic mass is 10.0. The Morgan fingerprint density at radius 1 is 0.917 bits per heavy atom. The van der Waals surface area contributed by atoms with Crippen LogP contribution in [0, 0.1) is 0 Å². The van der Waals surface area contributed by atoms with Crippen molar-refractivity contribution in [2.45, 2.75) is 69.2 Å². The first-order valence-corrected chi connectivity index (χ1v) is 14.3. The Labute approximate surface area is 219 Å². The van der Waals surface area contributed by atoms with Crippen molar-refractivity contribution in [2.75, 3.05) is 72.2 Å². The number of Topliss-reactive ketones (excluding diaryl/α,β-unsaturated/α-hetero) is 1. The van der Waals surface area contributed by atoms with Crippen LogP contribution >= 0.6 is 11.8 Å². The molecule has 2 aliphatic heterocycles. The first kappa shape index (κ1) is 30.8. The topological polar surface area (TPSA) is 115 Å². The number of carbonyl (C=O) groups excluding carboxylic acids is 3. The first-order valence-electron chi connectivity index (χ1n) is 13.3. The van der Waals surface area contributed by atoms with Crippen molar-refractivity contribution < 1.29 is 33.3 Å². The molecule has 11 heteroatoms. The van der Waals surface area contributed by atoms with E-state index >= 15 is 0 Å². The molecule has 2 rings (SSSR count). The Kier molecular flexibility index (Phi) is 16.1. The van der Waals surface area contributed by atoms with E-state index in [9.17, 15) is 14.4 Å². The third-order valence-electron chi connectivity index (χ3n) is 6.36. The van der Waals surface area contributed by atoms with Crippen LogP contribution in [0.15, 0.2) is 0 Å². The van der Waals surface area contributed by atoms with E-state index in [1.165, 1.54) is 0 Å². The second-order valence-electron chi connectivity index (χ2n) is 8.97. The maximum atomic E-state index is 12.1. The van der Waals surface area contributed by atoms with Gasteiger partial charge in [0.1, 0.15) is 5.78 Å². The smallest absolute Gasteiger partial charge is 0.318 e. The van der Waals surface area contributed by atoms with Crippen LogP contribution in [-0.2, 0) is 28.5 Å². The lowest BCUT2D eigenvalue weighted by molar-refractivity contribution is -0.122. The Hall–Kier alpha value is -1.40. The average Bonchev–Trinajstić information content (AvgIpc) is 3.41. The van der Waals surface area contributed by atoms with E-state index in [-0.39, 0.29) is 18.0 Å². The van der Waals surface area contributed by atoms with Gasteiger partial charge in [0.05, 0.1) is 58.3 Å². The van der Waals surface area contributed by atoms with Crippen molar-refractivity contribution >= 4 is 29.5 Å². The fraction of sp³-hybridized carbons (Fsp3) is 0.880. The number of ether oxygens (including phenoxy) is 4. The number of unbranched alkanes of at least 4 members (excludes halogenated alkanes) is 1. The summed E-state index contributed by atoms with van der Waals surface area (Å²) in [5.74, 6) is 1.26. The molecule has 2 fully saturated rings. The molecule has 2 N–H and O–H groups in total. The molecular weight excluding hydrogens is 486 g/mol. The van der Waals surface area contributed by atoms with Gasteiger partial charge in [-0.1, -0.05) is 6.42 Å². The van der Waals surface area contributed by atoms with Crippen molar-refractivity contribution in [3.05, 3.63) is 0 Å². The number of urea groups is 1. The van der Waals surface area contributed by atoms with E-state index in [1.807, 2.05) is 23.6 Å². The van der Waals surface area contributed by atoms with Crippen LogP contribution < -0.4 is 10.6 Å². The van der Waals surface area contributed by atoms with Gasteiger partial charge in [-0.15, -0.1) is 0 Å². The maximum Gasteiger partial charge on any atom is 0.318 e. The molecule has 0 aromatic carbocycles. The van der Waals surface area contributed by atoms with E-state index in [1.54, 1.807) is 7.05 Å². The molecule has 2 saturated heterocycles. The van der Waals surface area contributed by atoms with Crippen molar-refractivity contribution in [3.8, 4) is 0 Å². The summed E-state index contributed by atoms with van der Waals surface area (Å²) < 4.78 is 21.7.